The summed E-state index contributed by atoms with van der Waals surface area (Å²) in [4.78, 5) is 7.04. The lowest BCUT2D eigenvalue weighted by Gasteiger charge is -2.21. The van der Waals surface area contributed by atoms with E-state index >= 15 is 0 Å². The molecule has 0 atom stereocenters. The van der Waals surface area contributed by atoms with Gasteiger partial charge in [0.2, 0.25) is 0 Å². The highest BCUT2D eigenvalue weighted by Gasteiger charge is 2.08. The van der Waals surface area contributed by atoms with E-state index in [0.29, 0.717) is 0 Å². The Balaban J connectivity index is 2.43. The van der Waals surface area contributed by atoms with Gasteiger partial charge in [0.15, 0.2) is 0 Å². The molecule has 0 fully saturated rings. The van der Waals surface area contributed by atoms with Crippen molar-refractivity contribution in [2.24, 2.45) is 0 Å². The number of nitrogens with one attached hydrogen (secondary N) is 1. The summed E-state index contributed by atoms with van der Waals surface area (Å²) in [5.41, 5.74) is 3.46. The third-order valence-electron chi connectivity index (χ3n) is 3.36. The zero-order valence-electron chi connectivity index (χ0n) is 12.1. The van der Waals surface area contributed by atoms with Crippen molar-refractivity contribution < 1.29 is 0 Å². The number of hydrogen-bond acceptors (Lipinski definition) is 3. The first kappa shape index (κ1) is 13.8. The van der Waals surface area contributed by atoms with E-state index in [4.69, 9.17) is 4.98 Å². The molecule has 3 heteroatoms. The first-order valence-corrected chi connectivity index (χ1v) is 7.00. The zero-order chi connectivity index (χ0) is 13.7. The van der Waals surface area contributed by atoms with Crippen molar-refractivity contribution in [2.45, 2.75) is 26.3 Å². The summed E-state index contributed by atoms with van der Waals surface area (Å²) in [6, 6.07) is 10.6. The second-order valence-corrected chi connectivity index (χ2v) is 4.96. The molecule has 0 aliphatic carbocycles. The molecule has 0 unspecified atom stereocenters. The summed E-state index contributed by atoms with van der Waals surface area (Å²) in [6.45, 7) is 4.12. The number of pyridine rings is 1. The molecule has 1 N–H and O–H groups in total. The third kappa shape index (κ3) is 3.24. The molecule has 0 saturated carbocycles. The molecule has 0 radical (unpaired) electrons. The van der Waals surface area contributed by atoms with Crippen LogP contribution < -0.4 is 10.2 Å². The monoisotopic (exact) mass is 257 g/mol. The number of nitrogens with zero attached hydrogens (tertiary/aromatic N) is 2. The van der Waals surface area contributed by atoms with Gasteiger partial charge in [-0.1, -0.05) is 31.5 Å². The normalized spacial score (nSPS) is 10.9. The van der Waals surface area contributed by atoms with E-state index in [2.05, 4.69) is 48.5 Å². The van der Waals surface area contributed by atoms with E-state index in [1.807, 2.05) is 13.1 Å². The van der Waals surface area contributed by atoms with Gasteiger partial charge in [0.1, 0.15) is 0 Å². The van der Waals surface area contributed by atoms with Crippen LogP contribution in [0.15, 0.2) is 30.3 Å². The quantitative estimate of drug-likeness (QED) is 0.861. The van der Waals surface area contributed by atoms with Gasteiger partial charge in [0, 0.05) is 31.2 Å². The molecule has 3 nitrogen and oxygen atoms in total. The highest BCUT2D eigenvalue weighted by atomic mass is 15.1. The molecule has 19 heavy (non-hydrogen) atoms. The highest BCUT2D eigenvalue weighted by molar-refractivity contribution is 5.91. The van der Waals surface area contributed by atoms with Gasteiger partial charge in [0.25, 0.3) is 0 Å². The van der Waals surface area contributed by atoms with Gasteiger partial charge < -0.3 is 10.2 Å². The lowest BCUT2D eigenvalue weighted by molar-refractivity contribution is 0.763. The maximum atomic E-state index is 4.70. The molecule has 0 spiro atoms. The van der Waals surface area contributed by atoms with Crippen LogP contribution in [0.25, 0.3) is 10.9 Å². The Kier molecular flexibility index (Phi) is 4.74. The van der Waals surface area contributed by atoms with Crippen LogP contribution in [0.5, 0.6) is 0 Å². The Morgan fingerprint density at radius 3 is 2.79 bits per heavy atom. The van der Waals surface area contributed by atoms with E-state index in [0.717, 1.165) is 24.3 Å². The van der Waals surface area contributed by atoms with Gasteiger partial charge >= 0.3 is 0 Å². The second-order valence-electron chi connectivity index (χ2n) is 4.96. The Hall–Kier alpha value is -1.61. The SMILES string of the molecule is CCCCN(C)c1cc(CNC)nc2ccccc12. The van der Waals surface area contributed by atoms with Gasteiger partial charge in [0.05, 0.1) is 11.2 Å². The van der Waals surface area contributed by atoms with Crippen LogP contribution in [0, 0.1) is 0 Å². The minimum absolute atomic E-state index is 0.805. The fourth-order valence-electron chi connectivity index (χ4n) is 2.31. The van der Waals surface area contributed by atoms with Crippen molar-refractivity contribution in [2.75, 3.05) is 25.5 Å². The van der Waals surface area contributed by atoms with E-state index in [9.17, 15) is 0 Å². The van der Waals surface area contributed by atoms with Crippen molar-refractivity contribution in [1.29, 1.82) is 0 Å². The summed E-state index contributed by atoms with van der Waals surface area (Å²) in [7, 11) is 4.12. The number of fused-ring (bicyclic) bond motifs is 1. The number of para-hydroxylation sites is 1. The molecule has 2 rings (SSSR count). The van der Waals surface area contributed by atoms with Crippen molar-refractivity contribution in [1.82, 2.24) is 10.3 Å². The van der Waals surface area contributed by atoms with Crippen LogP contribution in [0.1, 0.15) is 25.5 Å². The van der Waals surface area contributed by atoms with Crippen LogP contribution in [-0.2, 0) is 6.54 Å². The maximum Gasteiger partial charge on any atom is 0.0726 e. The van der Waals surface area contributed by atoms with E-state index < -0.39 is 0 Å². The van der Waals surface area contributed by atoms with Crippen LogP contribution in [0.3, 0.4) is 0 Å². The number of rotatable bonds is 6. The Labute approximate surface area is 115 Å². The first-order valence-electron chi connectivity index (χ1n) is 7.00. The van der Waals surface area contributed by atoms with Crippen molar-refractivity contribution >= 4 is 16.6 Å². The van der Waals surface area contributed by atoms with Crippen LogP contribution in [0.2, 0.25) is 0 Å². The molecular weight excluding hydrogens is 234 g/mol. The predicted octanol–water partition coefficient (Wildman–Crippen LogP) is 3.19. The Bertz CT molecular complexity index is 537. The summed E-state index contributed by atoms with van der Waals surface area (Å²) in [5, 5.41) is 4.41. The molecule has 0 amide bonds. The van der Waals surface area contributed by atoms with E-state index in [-0.39, 0.29) is 0 Å². The number of aromatic nitrogens is 1. The van der Waals surface area contributed by atoms with Gasteiger partial charge in [-0.2, -0.15) is 0 Å². The van der Waals surface area contributed by atoms with Crippen molar-refractivity contribution in [3.8, 4) is 0 Å². The fraction of sp³-hybridized carbons (Fsp3) is 0.438. The van der Waals surface area contributed by atoms with Gasteiger partial charge in [-0.15, -0.1) is 0 Å². The topological polar surface area (TPSA) is 28.2 Å². The first-order chi connectivity index (χ1) is 9.26. The van der Waals surface area contributed by atoms with Crippen LogP contribution in [0.4, 0.5) is 5.69 Å². The van der Waals surface area contributed by atoms with E-state index in [1.54, 1.807) is 0 Å². The lowest BCUT2D eigenvalue weighted by atomic mass is 10.1. The minimum atomic E-state index is 0.805. The summed E-state index contributed by atoms with van der Waals surface area (Å²) < 4.78 is 0. The molecule has 1 aromatic carbocycles. The third-order valence-corrected chi connectivity index (χ3v) is 3.36. The average molecular weight is 257 g/mol. The van der Waals surface area contributed by atoms with Gasteiger partial charge in [-0.05, 0) is 25.6 Å². The summed E-state index contributed by atoms with van der Waals surface area (Å²) in [5.74, 6) is 0. The second kappa shape index (κ2) is 6.53. The van der Waals surface area contributed by atoms with Crippen molar-refractivity contribution in [3.05, 3.63) is 36.0 Å². The molecule has 0 saturated heterocycles. The Morgan fingerprint density at radius 2 is 2.05 bits per heavy atom. The molecule has 1 aromatic heterocycles. The summed E-state index contributed by atoms with van der Waals surface area (Å²) >= 11 is 0. The molecular formula is C16H23N3. The number of hydrogen-bond donors (Lipinski definition) is 1. The molecule has 0 aliphatic rings. The number of anilines is 1. The minimum Gasteiger partial charge on any atom is -0.374 e. The fourth-order valence-corrected chi connectivity index (χ4v) is 2.31. The average Bonchev–Trinajstić information content (AvgIpc) is 2.44. The van der Waals surface area contributed by atoms with E-state index in [1.165, 1.54) is 23.9 Å². The smallest absolute Gasteiger partial charge is 0.0726 e. The lowest BCUT2D eigenvalue weighted by Crippen LogP contribution is -2.19. The van der Waals surface area contributed by atoms with Gasteiger partial charge in [-0.25, -0.2) is 0 Å². The molecule has 102 valence electrons. The van der Waals surface area contributed by atoms with Crippen LogP contribution in [-0.4, -0.2) is 25.6 Å². The van der Waals surface area contributed by atoms with Gasteiger partial charge in [-0.3, -0.25) is 4.98 Å². The maximum absolute atomic E-state index is 4.70. The number of unbranched alkanes of at least 4 members (excludes halogenated alkanes) is 1. The van der Waals surface area contributed by atoms with Crippen molar-refractivity contribution in [3.63, 3.8) is 0 Å². The predicted molar refractivity (Wildman–Crippen MR) is 82.7 cm³/mol. The Morgan fingerprint density at radius 1 is 1.26 bits per heavy atom. The molecule has 2 aromatic rings. The zero-order valence-corrected chi connectivity index (χ0v) is 12.1. The van der Waals surface area contributed by atoms with Crippen LogP contribution >= 0.6 is 0 Å². The summed E-state index contributed by atoms with van der Waals surface area (Å²) in [6.07, 6.45) is 2.44. The standard InChI is InChI=1S/C16H23N3/c1-4-5-10-19(3)16-11-13(12-17-2)18-15-9-7-6-8-14(15)16/h6-9,11,17H,4-5,10,12H2,1-3H3. The molecule has 0 bridgehead atoms. The molecule has 1 heterocycles. The number of benzene rings is 1. The molecule has 0 aliphatic heterocycles. The largest absolute Gasteiger partial charge is 0.374 e. The highest BCUT2D eigenvalue weighted by Crippen LogP contribution is 2.26.